The summed E-state index contributed by atoms with van der Waals surface area (Å²) in [7, 11) is -3.49. The van der Waals surface area contributed by atoms with E-state index in [1.54, 1.807) is 31.2 Å². The smallest absolute Gasteiger partial charge is 0.320 e. The molecule has 0 saturated carbocycles. The van der Waals surface area contributed by atoms with Gasteiger partial charge in [-0.2, -0.15) is 4.31 Å². The molecule has 115 valence electrons. The van der Waals surface area contributed by atoms with Crippen LogP contribution in [0.4, 0.5) is 0 Å². The summed E-state index contributed by atoms with van der Waals surface area (Å²) in [5.74, 6) is -0.273. The molecule has 1 radical (unpaired) electrons. The van der Waals surface area contributed by atoms with E-state index in [2.05, 4.69) is 6.07 Å². The van der Waals surface area contributed by atoms with Gasteiger partial charge in [-0.05, 0) is 13.0 Å². The molecule has 1 fully saturated rings. The zero-order valence-corrected chi connectivity index (χ0v) is 12.8. The summed E-state index contributed by atoms with van der Waals surface area (Å²) in [4.78, 5) is 13.5. The van der Waals surface area contributed by atoms with Gasteiger partial charge in [0.05, 0.1) is 18.0 Å². The summed E-state index contributed by atoms with van der Waals surface area (Å²) in [5.41, 5.74) is 0. The van der Waals surface area contributed by atoms with E-state index in [1.807, 2.05) is 4.90 Å². The molecule has 6 nitrogen and oxygen atoms in total. The van der Waals surface area contributed by atoms with Gasteiger partial charge in [0.1, 0.15) is 0 Å². The van der Waals surface area contributed by atoms with Gasteiger partial charge in [0, 0.05) is 32.2 Å². The first-order chi connectivity index (χ1) is 10.0. The minimum absolute atomic E-state index is 0.184. The highest BCUT2D eigenvalue weighted by atomic mass is 32.2. The van der Waals surface area contributed by atoms with Gasteiger partial charge < -0.3 is 4.74 Å². The van der Waals surface area contributed by atoms with Gasteiger partial charge in [-0.25, -0.2) is 8.42 Å². The van der Waals surface area contributed by atoms with Gasteiger partial charge >= 0.3 is 5.97 Å². The van der Waals surface area contributed by atoms with Crippen molar-refractivity contribution in [2.24, 2.45) is 0 Å². The fourth-order valence-electron chi connectivity index (χ4n) is 2.19. The van der Waals surface area contributed by atoms with E-state index in [-0.39, 0.29) is 17.4 Å². The number of carbonyl (C=O) groups is 1. The number of nitrogens with zero attached hydrogens (tertiary/aromatic N) is 2. The molecule has 1 aromatic rings. The van der Waals surface area contributed by atoms with Gasteiger partial charge in [0.25, 0.3) is 0 Å². The molecule has 1 heterocycles. The fourth-order valence-corrected chi connectivity index (χ4v) is 3.58. The lowest BCUT2D eigenvalue weighted by Crippen LogP contribution is -2.49. The molecule has 2 rings (SSSR count). The summed E-state index contributed by atoms with van der Waals surface area (Å²) in [6, 6.07) is 9.29. The minimum Gasteiger partial charge on any atom is -0.465 e. The predicted molar refractivity (Wildman–Crippen MR) is 77.1 cm³/mol. The number of hydrogen-bond acceptors (Lipinski definition) is 5. The van der Waals surface area contributed by atoms with Crippen molar-refractivity contribution >= 4 is 16.0 Å². The predicted octanol–water partition coefficient (Wildman–Crippen LogP) is 0.356. The maximum atomic E-state index is 12.4. The van der Waals surface area contributed by atoms with Gasteiger partial charge in [-0.15, -0.1) is 0 Å². The average Bonchev–Trinajstić information content (AvgIpc) is 2.49. The number of rotatable bonds is 5. The van der Waals surface area contributed by atoms with Crippen molar-refractivity contribution in [3.63, 3.8) is 0 Å². The van der Waals surface area contributed by atoms with E-state index >= 15 is 0 Å². The molecule has 0 spiro atoms. The molecule has 0 unspecified atom stereocenters. The summed E-state index contributed by atoms with van der Waals surface area (Å²) in [5, 5.41) is 0. The standard InChI is InChI=1S/C14H19N2O4S/c1-2-20-14(17)12-15-8-10-16(11-9-15)21(18,19)13-6-4-3-5-7-13/h3-6H,2,8-12H2,1H3. The summed E-state index contributed by atoms with van der Waals surface area (Å²) >= 11 is 0. The second kappa shape index (κ2) is 7.02. The van der Waals surface area contributed by atoms with Crippen molar-refractivity contribution in [1.29, 1.82) is 0 Å². The van der Waals surface area contributed by atoms with Gasteiger partial charge in [0.15, 0.2) is 0 Å². The first-order valence-corrected chi connectivity index (χ1v) is 8.33. The zero-order valence-electron chi connectivity index (χ0n) is 12.0. The lowest BCUT2D eigenvalue weighted by molar-refractivity contribution is -0.144. The quantitative estimate of drug-likeness (QED) is 0.734. The molecule has 7 heteroatoms. The third-order valence-electron chi connectivity index (χ3n) is 3.29. The van der Waals surface area contributed by atoms with E-state index in [0.29, 0.717) is 32.8 Å². The Hall–Kier alpha value is -1.44. The van der Waals surface area contributed by atoms with Gasteiger partial charge in [-0.3, -0.25) is 9.69 Å². The van der Waals surface area contributed by atoms with Crippen LogP contribution in [0.15, 0.2) is 29.2 Å². The third-order valence-corrected chi connectivity index (χ3v) is 5.14. The van der Waals surface area contributed by atoms with Crippen molar-refractivity contribution in [1.82, 2.24) is 9.21 Å². The zero-order chi connectivity index (χ0) is 15.3. The molecule has 0 aliphatic carbocycles. The van der Waals surface area contributed by atoms with Gasteiger partial charge in [0.2, 0.25) is 10.0 Å². The van der Waals surface area contributed by atoms with Crippen LogP contribution in [0.5, 0.6) is 0 Å². The summed E-state index contributed by atoms with van der Waals surface area (Å²) in [6.45, 7) is 4.10. The number of hydrogen-bond donors (Lipinski definition) is 0. The van der Waals surface area contributed by atoms with Crippen molar-refractivity contribution in [3.05, 3.63) is 30.3 Å². The molecule has 1 aromatic carbocycles. The second-order valence-corrected chi connectivity index (χ2v) is 6.62. The topological polar surface area (TPSA) is 66.9 Å². The second-order valence-electron chi connectivity index (χ2n) is 4.71. The van der Waals surface area contributed by atoms with Gasteiger partial charge in [-0.1, -0.05) is 18.2 Å². The molecular weight excluding hydrogens is 292 g/mol. The van der Waals surface area contributed by atoms with Crippen molar-refractivity contribution in [3.8, 4) is 0 Å². The Morgan fingerprint density at radius 3 is 2.57 bits per heavy atom. The number of sulfonamides is 1. The van der Waals surface area contributed by atoms with Crippen LogP contribution in [0, 0.1) is 6.07 Å². The largest absolute Gasteiger partial charge is 0.465 e. The maximum absolute atomic E-state index is 12.4. The van der Waals surface area contributed by atoms with E-state index in [0.717, 1.165) is 0 Å². The molecule has 1 saturated heterocycles. The SMILES string of the molecule is CCOC(=O)CN1CCN(S(=O)(=O)c2[c]cccc2)CC1. The van der Waals surface area contributed by atoms with Crippen LogP contribution in [-0.2, 0) is 19.6 Å². The number of carbonyl (C=O) groups excluding carboxylic acids is 1. The molecule has 0 N–H and O–H groups in total. The molecule has 21 heavy (non-hydrogen) atoms. The van der Waals surface area contributed by atoms with E-state index < -0.39 is 10.0 Å². The highest BCUT2D eigenvalue weighted by Crippen LogP contribution is 2.16. The van der Waals surface area contributed by atoms with E-state index in [4.69, 9.17) is 4.74 Å². The number of ether oxygens (including phenoxy) is 1. The highest BCUT2D eigenvalue weighted by molar-refractivity contribution is 7.89. The van der Waals surface area contributed by atoms with Crippen LogP contribution < -0.4 is 0 Å². The van der Waals surface area contributed by atoms with E-state index in [9.17, 15) is 13.2 Å². The Bertz CT molecular complexity index is 566. The molecule has 0 bridgehead atoms. The Balaban J connectivity index is 1.93. The first kappa shape index (κ1) is 15.9. The Labute approximate surface area is 125 Å². The molecule has 0 amide bonds. The Morgan fingerprint density at radius 1 is 1.29 bits per heavy atom. The van der Waals surface area contributed by atoms with Crippen LogP contribution in [0.2, 0.25) is 0 Å². The third kappa shape index (κ3) is 4.03. The Kier molecular flexibility index (Phi) is 5.33. The molecule has 0 aromatic heterocycles. The number of piperazine rings is 1. The number of esters is 1. The number of benzene rings is 1. The van der Waals surface area contributed by atoms with Crippen LogP contribution in [0.3, 0.4) is 0 Å². The van der Waals surface area contributed by atoms with E-state index in [1.165, 1.54) is 4.31 Å². The minimum atomic E-state index is -3.49. The van der Waals surface area contributed by atoms with Crippen LogP contribution in [0.1, 0.15) is 6.92 Å². The lowest BCUT2D eigenvalue weighted by Gasteiger charge is -2.33. The summed E-state index contributed by atoms with van der Waals surface area (Å²) < 4.78 is 31.1. The summed E-state index contributed by atoms with van der Waals surface area (Å²) in [6.07, 6.45) is 0. The monoisotopic (exact) mass is 311 g/mol. The van der Waals surface area contributed by atoms with Crippen molar-refractivity contribution in [2.45, 2.75) is 11.8 Å². The fraction of sp³-hybridized carbons (Fsp3) is 0.500. The van der Waals surface area contributed by atoms with Crippen molar-refractivity contribution < 1.29 is 17.9 Å². The van der Waals surface area contributed by atoms with Crippen LogP contribution in [-0.4, -0.2) is 62.9 Å². The van der Waals surface area contributed by atoms with Crippen LogP contribution >= 0.6 is 0 Å². The van der Waals surface area contributed by atoms with Crippen LogP contribution in [0.25, 0.3) is 0 Å². The Morgan fingerprint density at radius 2 is 2.00 bits per heavy atom. The molecule has 0 atom stereocenters. The lowest BCUT2D eigenvalue weighted by atomic mass is 10.3. The van der Waals surface area contributed by atoms with Crippen molar-refractivity contribution in [2.75, 3.05) is 39.3 Å². The maximum Gasteiger partial charge on any atom is 0.320 e. The normalized spacial score (nSPS) is 17.6. The highest BCUT2D eigenvalue weighted by Gasteiger charge is 2.29. The molecule has 1 aliphatic heterocycles. The molecule has 1 aliphatic rings. The average molecular weight is 311 g/mol. The molecular formula is C14H19N2O4S. The first-order valence-electron chi connectivity index (χ1n) is 6.89.